The summed E-state index contributed by atoms with van der Waals surface area (Å²) in [5, 5.41) is 3.65. The highest BCUT2D eigenvalue weighted by molar-refractivity contribution is 7.79. The molecule has 2 nitrogen and oxygen atoms in total. The van der Waals surface area contributed by atoms with E-state index in [0.717, 1.165) is 0 Å². The van der Waals surface area contributed by atoms with Crippen LogP contribution in [0.1, 0.15) is 13.8 Å². The van der Waals surface area contributed by atoms with E-state index >= 15 is 0 Å². The van der Waals surface area contributed by atoms with Crippen LogP contribution in [0, 0.1) is 0 Å². The molecule has 0 spiro atoms. The first-order valence-electron chi connectivity index (χ1n) is 5.33. The van der Waals surface area contributed by atoms with E-state index in [0.29, 0.717) is 0 Å². The zero-order valence-electron chi connectivity index (χ0n) is 10.2. The molecule has 1 aromatic carbocycles. The fourth-order valence-corrected chi connectivity index (χ4v) is 3.28. The third-order valence-electron chi connectivity index (χ3n) is 2.42. The van der Waals surface area contributed by atoms with Crippen LogP contribution < -0.4 is 10.3 Å². The first kappa shape index (κ1) is 12.2. The molecule has 1 unspecified atom stereocenters. The lowest BCUT2D eigenvalue weighted by molar-refractivity contribution is -0.500. The van der Waals surface area contributed by atoms with Gasteiger partial charge in [0.25, 0.3) is 0 Å². The molecule has 0 fully saturated rings. The molecule has 1 aromatic rings. The van der Waals surface area contributed by atoms with E-state index in [4.69, 9.17) is 0 Å². The predicted octanol–water partition coefficient (Wildman–Crippen LogP) is 2.49. The molecule has 1 aliphatic heterocycles. The fourth-order valence-electron chi connectivity index (χ4n) is 1.60. The summed E-state index contributed by atoms with van der Waals surface area (Å²) in [7, 11) is 4.07. The van der Waals surface area contributed by atoms with Crippen LogP contribution >= 0.6 is 7.92 Å². The maximum absolute atomic E-state index is 2.29. The normalized spacial score (nSPS) is 18.6. The lowest BCUT2D eigenvalue weighted by Gasteiger charge is -2.23. The van der Waals surface area contributed by atoms with E-state index in [-0.39, 0.29) is 7.92 Å². The maximum Gasteiger partial charge on any atom is 0.194 e. The van der Waals surface area contributed by atoms with Crippen molar-refractivity contribution < 1.29 is 4.68 Å². The van der Waals surface area contributed by atoms with Crippen LogP contribution in [-0.2, 0) is 0 Å². The lowest BCUT2D eigenvalue weighted by atomic mass is 10.3. The molecule has 1 aliphatic rings. The molecule has 0 aromatic heterocycles. The average molecular weight is 223 g/mol. The van der Waals surface area contributed by atoms with Gasteiger partial charge in [-0.3, -0.25) is 0 Å². The van der Waals surface area contributed by atoms with Gasteiger partial charge in [0.15, 0.2) is 13.0 Å². The van der Waals surface area contributed by atoms with Crippen LogP contribution in [0.2, 0.25) is 0 Å². The molecule has 3 heteroatoms. The van der Waals surface area contributed by atoms with Gasteiger partial charge in [0.1, 0.15) is 5.69 Å². The summed E-state index contributed by atoms with van der Waals surface area (Å²) in [5.41, 5.74) is 1.33. The molecular weight excluding hydrogens is 203 g/mol. The number of rotatable bonds is 0. The summed E-state index contributed by atoms with van der Waals surface area (Å²) in [5.74, 6) is 2.29. The van der Waals surface area contributed by atoms with Gasteiger partial charge < -0.3 is 0 Å². The van der Waals surface area contributed by atoms with Crippen molar-refractivity contribution in [2.45, 2.75) is 13.8 Å². The molecular formula is C12H20N2P+. The molecule has 82 valence electrons. The number of hydrogen-bond donors (Lipinski definition) is 0. The number of fused-ring (bicyclic) bond motifs is 1. The molecule has 0 bridgehead atoms. The monoisotopic (exact) mass is 223 g/mol. The van der Waals surface area contributed by atoms with Gasteiger partial charge in [-0.25, -0.2) is 0 Å². The van der Waals surface area contributed by atoms with Crippen LogP contribution in [-0.4, -0.2) is 31.4 Å². The number of benzene rings is 1. The summed E-state index contributed by atoms with van der Waals surface area (Å²) >= 11 is 0. The van der Waals surface area contributed by atoms with Crippen LogP contribution in [0.25, 0.3) is 0 Å². The van der Waals surface area contributed by atoms with Crippen molar-refractivity contribution >= 4 is 24.9 Å². The van der Waals surface area contributed by atoms with Crippen molar-refractivity contribution in [2.75, 3.05) is 25.8 Å². The summed E-state index contributed by atoms with van der Waals surface area (Å²) in [4.78, 5) is 0. The predicted molar refractivity (Wildman–Crippen MR) is 70.9 cm³/mol. The third-order valence-corrected chi connectivity index (χ3v) is 4.24. The standard InChI is InChI=1S/C10H14N2P.C2H6/c1-11-8-13(3)10-7-5-4-6-9(10)12(11)2;1-2/h4-8H,1-3H3;1-2H3/q+1;. The van der Waals surface area contributed by atoms with Crippen LogP contribution in [0.15, 0.2) is 24.3 Å². The lowest BCUT2D eigenvalue weighted by Crippen LogP contribution is -2.36. The SMILES string of the molecule is CC.CN1c2ccccc2P(C)C=[N+]1C. The Hall–Kier alpha value is -0.880. The Bertz CT molecular complexity index is 360. The smallest absolute Gasteiger partial charge is 0.157 e. The largest absolute Gasteiger partial charge is 0.194 e. The van der Waals surface area contributed by atoms with Gasteiger partial charge in [0.05, 0.1) is 7.05 Å². The first-order chi connectivity index (χ1) is 7.20. The highest BCUT2D eigenvalue weighted by Crippen LogP contribution is 2.33. The number of hydrazine groups is 1. The molecule has 2 rings (SSSR count). The second kappa shape index (κ2) is 5.27. The summed E-state index contributed by atoms with van der Waals surface area (Å²) in [6, 6.07) is 8.61. The van der Waals surface area contributed by atoms with Crippen molar-refractivity contribution in [3.63, 3.8) is 0 Å². The van der Waals surface area contributed by atoms with Crippen molar-refractivity contribution in [3.8, 4) is 0 Å². The topological polar surface area (TPSA) is 6.25 Å². The number of anilines is 1. The Morgan fingerprint density at radius 2 is 1.80 bits per heavy atom. The Morgan fingerprint density at radius 1 is 1.20 bits per heavy atom. The number of hydrogen-bond acceptors (Lipinski definition) is 1. The van der Waals surface area contributed by atoms with Crippen LogP contribution in [0.4, 0.5) is 5.69 Å². The van der Waals surface area contributed by atoms with Gasteiger partial charge in [-0.15, -0.1) is 4.68 Å². The third kappa shape index (κ3) is 2.38. The van der Waals surface area contributed by atoms with Gasteiger partial charge >= 0.3 is 0 Å². The molecule has 1 heterocycles. The van der Waals surface area contributed by atoms with E-state index in [9.17, 15) is 0 Å². The van der Waals surface area contributed by atoms with Gasteiger partial charge in [0, 0.05) is 13.2 Å². The minimum absolute atomic E-state index is 0.114. The second-order valence-corrected chi connectivity index (χ2v) is 5.25. The van der Waals surface area contributed by atoms with E-state index in [1.807, 2.05) is 13.8 Å². The average Bonchev–Trinajstić information content (AvgIpc) is 2.29. The molecule has 0 radical (unpaired) electrons. The van der Waals surface area contributed by atoms with E-state index < -0.39 is 0 Å². The molecule has 0 saturated heterocycles. The number of hydrazone groups is 1. The first-order valence-corrected chi connectivity index (χ1v) is 7.19. The van der Waals surface area contributed by atoms with E-state index in [1.165, 1.54) is 11.0 Å². The number of nitrogens with zero attached hydrogens (tertiary/aromatic N) is 2. The Balaban J connectivity index is 0.000000531. The van der Waals surface area contributed by atoms with Crippen LogP contribution in [0.5, 0.6) is 0 Å². The van der Waals surface area contributed by atoms with Crippen molar-refractivity contribution in [1.82, 2.24) is 0 Å². The zero-order chi connectivity index (χ0) is 11.4. The summed E-state index contributed by atoms with van der Waals surface area (Å²) in [6.07, 6.45) is 0. The maximum atomic E-state index is 2.29. The van der Waals surface area contributed by atoms with Gasteiger partial charge in [-0.2, -0.15) is 5.01 Å². The minimum Gasteiger partial charge on any atom is -0.157 e. The van der Waals surface area contributed by atoms with Crippen molar-refractivity contribution in [1.29, 1.82) is 0 Å². The van der Waals surface area contributed by atoms with Crippen molar-refractivity contribution in [2.24, 2.45) is 0 Å². The fraction of sp³-hybridized carbons (Fsp3) is 0.417. The summed E-state index contributed by atoms with van der Waals surface area (Å²) < 4.78 is 2.16. The second-order valence-electron chi connectivity index (χ2n) is 3.31. The zero-order valence-corrected chi connectivity index (χ0v) is 11.1. The van der Waals surface area contributed by atoms with Crippen LogP contribution in [0.3, 0.4) is 0 Å². The summed E-state index contributed by atoms with van der Waals surface area (Å²) in [6.45, 7) is 6.29. The van der Waals surface area contributed by atoms with E-state index in [1.54, 1.807) is 0 Å². The minimum atomic E-state index is -0.114. The quantitative estimate of drug-likeness (QED) is 0.484. The van der Waals surface area contributed by atoms with Gasteiger partial charge in [-0.1, -0.05) is 32.0 Å². The molecule has 0 amide bonds. The van der Waals surface area contributed by atoms with Gasteiger partial charge in [0.2, 0.25) is 0 Å². The molecule has 0 N–H and O–H groups in total. The Morgan fingerprint density at radius 3 is 2.47 bits per heavy atom. The molecule has 15 heavy (non-hydrogen) atoms. The van der Waals surface area contributed by atoms with E-state index in [2.05, 4.69) is 60.7 Å². The van der Waals surface area contributed by atoms with Gasteiger partial charge in [-0.05, 0) is 12.7 Å². The highest BCUT2D eigenvalue weighted by Gasteiger charge is 2.23. The molecule has 1 atom stereocenters. The highest BCUT2D eigenvalue weighted by atomic mass is 31.1. The number of para-hydroxylation sites is 1. The molecule has 0 saturated carbocycles. The Kier molecular flexibility index (Phi) is 4.28. The van der Waals surface area contributed by atoms with Crippen molar-refractivity contribution in [3.05, 3.63) is 24.3 Å². The molecule has 0 aliphatic carbocycles. The Labute approximate surface area is 94.0 Å².